The first-order valence-corrected chi connectivity index (χ1v) is 19.3. The maximum Gasteiger partial charge on any atom is 0.238 e. The fourth-order valence-corrected chi connectivity index (χ4v) is 10.4. The second-order valence-corrected chi connectivity index (χ2v) is 15.8. The van der Waals surface area contributed by atoms with Crippen LogP contribution in [0.1, 0.15) is 0 Å². The molecule has 0 N–H and O–H groups in total. The molecule has 0 bridgehead atoms. The van der Waals surface area contributed by atoms with E-state index in [1.807, 2.05) is 22.7 Å². The lowest BCUT2D eigenvalue weighted by Crippen LogP contribution is -2.19. The molecule has 0 spiro atoms. The van der Waals surface area contributed by atoms with Crippen molar-refractivity contribution < 1.29 is 0 Å². The van der Waals surface area contributed by atoms with E-state index >= 15 is 0 Å². The zero-order chi connectivity index (χ0) is 34.6. The summed E-state index contributed by atoms with van der Waals surface area (Å²) in [5.74, 6) is 1.88. The Morgan fingerprint density at radius 1 is 0.396 bits per heavy atom. The second-order valence-electron chi connectivity index (χ2n) is 13.6. The van der Waals surface area contributed by atoms with Crippen LogP contribution in [-0.2, 0) is 0 Å². The Hall–Kier alpha value is -6.47. The lowest BCUT2D eigenvalue weighted by molar-refractivity contribution is 1.02. The molecule has 11 aromatic rings. The highest BCUT2D eigenvalue weighted by Crippen LogP contribution is 2.52. The van der Waals surface area contributed by atoms with Gasteiger partial charge >= 0.3 is 0 Å². The molecule has 0 atom stereocenters. The van der Waals surface area contributed by atoms with E-state index in [9.17, 15) is 0 Å². The minimum Gasteiger partial charge on any atom is -0.278 e. The average molecular weight is 711 g/mol. The molecule has 12 rings (SSSR count). The van der Waals surface area contributed by atoms with Gasteiger partial charge < -0.3 is 0 Å². The van der Waals surface area contributed by atoms with Gasteiger partial charge in [-0.15, -0.1) is 22.7 Å². The van der Waals surface area contributed by atoms with Crippen LogP contribution in [0.15, 0.2) is 158 Å². The van der Waals surface area contributed by atoms with E-state index in [1.54, 1.807) is 0 Å². The molecule has 0 saturated heterocycles. The highest BCUT2D eigenvalue weighted by atomic mass is 32.1. The summed E-state index contributed by atoms with van der Waals surface area (Å²) in [5.41, 5.74) is 6.44. The molecule has 0 radical (unpaired) electrons. The summed E-state index contributed by atoms with van der Waals surface area (Å²) in [5, 5.41) is 9.71. The number of benzene rings is 8. The zero-order valence-corrected chi connectivity index (χ0v) is 29.7. The summed E-state index contributed by atoms with van der Waals surface area (Å²) in [4.78, 5) is 18.3. The Labute approximate surface area is 311 Å². The predicted molar refractivity (Wildman–Crippen MR) is 225 cm³/mol. The molecule has 53 heavy (non-hydrogen) atoms. The minimum absolute atomic E-state index is 0.592. The Morgan fingerprint density at radius 2 is 0.962 bits per heavy atom. The monoisotopic (exact) mass is 710 g/mol. The third kappa shape index (κ3) is 4.31. The molecular weight excluding hydrogens is 685 g/mol. The van der Waals surface area contributed by atoms with Crippen molar-refractivity contribution in [3.63, 3.8) is 0 Å². The van der Waals surface area contributed by atoms with Gasteiger partial charge in [-0.2, -0.15) is 9.97 Å². The molecule has 0 amide bonds. The van der Waals surface area contributed by atoms with Gasteiger partial charge in [0.15, 0.2) is 11.6 Å². The molecule has 0 aliphatic carbocycles. The van der Waals surface area contributed by atoms with Gasteiger partial charge in [-0.25, -0.2) is 4.98 Å². The normalized spacial score (nSPS) is 12.5. The molecule has 0 unspecified atom stereocenters. The largest absolute Gasteiger partial charge is 0.278 e. The minimum atomic E-state index is 0.592. The van der Waals surface area contributed by atoms with Gasteiger partial charge in [-0.05, 0) is 82.4 Å². The van der Waals surface area contributed by atoms with Crippen LogP contribution in [0, 0.1) is 0 Å². The van der Waals surface area contributed by atoms with Crippen molar-refractivity contribution in [2.24, 2.45) is 0 Å². The van der Waals surface area contributed by atoms with Crippen LogP contribution >= 0.6 is 22.7 Å². The Kier molecular flexibility index (Phi) is 6.06. The zero-order valence-electron chi connectivity index (χ0n) is 28.1. The molecule has 246 valence electrons. The topological polar surface area (TPSA) is 41.9 Å². The molecule has 3 aromatic heterocycles. The van der Waals surface area contributed by atoms with Gasteiger partial charge in [0.2, 0.25) is 5.95 Å². The third-order valence-corrected chi connectivity index (χ3v) is 12.9. The van der Waals surface area contributed by atoms with Crippen LogP contribution in [-0.4, -0.2) is 15.0 Å². The molecule has 1 aliphatic rings. The molecule has 8 aromatic carbocycles. The first kappa shape index (κ1) is 29.1. The van der Waals surface area contributed by atoms with Crippen molar-refractivity contribution in [3.8, 4) is 33.9 Å². The number of aromatic nitrogens is 3. The molecule has 4 heterocycles. The molecular formula is C47H26N4S2. The molecule has 6 heteroatoms. The summed E-state index contributed by atoms with van der Waals surface area (Å²) in [6, 6.07) is 56.7. The number of hydrogen-bond donors (Lipinski definition) is 0. The quantitative estimate of drug-likeness (QED) is 0.183. The fraction of sp³-hybridized carbons (Fsp3) is 0. The van der Waals surface area contributed by atoms with E-state index in [-0.39, 0.29) is 0 Å². The average Bonchev–Trinajstić information content (AvgIpc) is 3.78. The number of hydrogen-bond acceptors (Lipinski definition) is 6. The SMILES string of the molecule is c1ccc2c3c(ccc2c1)N(c1nc(-c2ccc4sc5ccccc5c4c2)nc(-c2ccc4sc5ccccc5c4c2)n1)c1cccc2cccc-3c12. The third-order valence-electron chi connectivity index (χ3n) is 10.6. The fourth-order valence-electron chi connectivity index (χ4n) is 8.24. The number of thiophene rings is 2. The van der Waals surface area contributed by atoms with Crippen LogP contribution in [0.3, 0.4) is 0 Å². The first-order chi connectivity index (χ1) is 26.2. The smallest absolute Gasteiger partial charge is 0.238 e. The predicted octanol–water partition coefficient (Wildman–Crippen LogP) is 13.7. The first-order valence-electron chi connectivity index (χ1n) is 17.7. The van der Waals surface area contributed by atoms with Crippen LogP contribution in [0.5, 0.6) is 0 Å². The van der Waals surface area contributed by atoms with Gasteiger partial charge in [0.1, 0.15) is 0 Å². The lowest BCUT2D eigenvalue weighted by Gasteiger charge is -2.32. The van der Waals surface area contributed by atoms with Crippen molar-refractivity contribution in [1.82, 2.24) is 15.0 Å². The summed E-state index contributed by atoms with van der Waals surface area (Å²) in [6.45, 7) is 0. The van der Waals surface area contributed by atoms with E-state index in [0.717, 1.165) is 22.5 Å². The molecule has 1 aliphatic heterocycles. The maximum absolute atomic E-state index is 5.37. The Bertz CT molecular complexity index is 3180. The van der Waals surface area contributed by atoms with Gasteiger partial charge in [0, 0.05) is 62.4 Å². The summed E-state index contributed by atoms with van der Waals surface area (Å²) in [6.07, 6.45) is 0. The summed E-state index contributed by atoms with van der Waals surface area (Å²) in [7, 11) is 0. The Morgan fingerprint density at radius 3 is 1.64 bits per heavy atom. The van der Waals surface area contributed by atoms with Gasteiger partial charge in [-0.1, -0.05) is 97.1 Å². The van der Waals surface area contributed by atoms with E-state index in [1.165, 1.54) is 73.0 Å². The van der Waals surface area contributed by atoms with Crippen LogP contribution in [0.2, 0.25) is 0 Å². The van der Waals surface area contributed by atoms with E-state index in [2.05, 4.69) is 163 Å². The van der Waals surface area contributed by atoms with E-state index < -0.39 is 0 Å². The van der Waals surface area contributed by atoms with Crippen molar-refractivity contribution in [1.29, 1.82) is 0 Å². The van der Waals surface area contributed by atoms with Gasteiger partial charge in [0.25, 0.3) is 0 Å². The molecule has 0 fully saturated rings. The number of nitrogens with zero attached hydrogens (tertiary/aromatic N) is 4. The second kappa shape index (κ2) is 11.0. The van der Waals surface area contributed by atoms with Gasteiger partial charge in [-0.3, -0.25) is 4.90 Å². The number of rotatable bonds is 3. The summed E-state index contributed by atoms with van der Waals surface area (Å²) >= 11 is 3.64. The van der Waals surface area contributed by atoms with Crippen molar-refractivity contribution in [2.75, 3.05) is 4.90 Å². The van der Waals surface area contributed by atoms with Crippen molar-refractivity contribution >= 4 is 102 Å². The van der Waals surface area contributed by atoms with Crippen molar-refractivity contribution in [3.05, 3.63) is 158 Å². The van der Waals surface area contributed by atoms with Crippen LogP contribution < -0.4 is 4.90 Å². The molecule has 0 saturated carbocycles. The van der Waals surface area contributed by atoms with E-state index in [4.69, 9.17) is 15.0 Å². The van der Waals surface area contributed by atoms with Crippen LogP contribution in [0.25, 0.3) is 95.8 Å². The lowest BCUT2D eigenvalue weighted by atomic mass is 9.88. The summed E-state index contributed by atoms with van der Waals surface area (Å²) < 4.78 is 5.05. The Balaban J connectivity index is 1.16. The standard InChI is InChI=1S/C47H26N4S2/c1-2-12-31-27(9-1)19-22-38-44(31)34-15-7-10-28-11-8-16-37(43(28)34)51(38)47-49-45(29-20-23-41-35(25-29)32-13-3-5-17-39(32)52-41)48-46(50-47)30-21-24-42-36(26-30)33-14-4-6-18-40(33)53-42/h1-26H. The number of fused-ring (bicyclic) bond motifs is 10. The molecule has 4 nitrogen and oxygen atoms in total. The van der Waals surface area contributed by atoms with Crippen molar-refractivity contribution in [2.45, 2.75) is 0 Å². The highest BCUT2D eigenvalue weighted by molar-refractivity contribution is 7.26. The van der Waals surface area contributed by atoms with E-state index in [0.29, 0.717) is 17.6 Å². The number of anilines is 3. The maximum atomic E-state index is 5.37. The highest BCUT2D eigenvalue weighted by Gasteiger charge is 2.30. The van der Waals surface area contributed by atoms with Gasteiger partial charge in [0.05, 0.1) is 11.4 Å². The van der Waals surface area contributed by atoms with Crippen LogP contribution in [0.4, 0.5) is 17.3 Å².